The van der Waals surface area contributed by atoms with Crippen molar-refractivity contribution in [2.45, 2.75) is 58.5 Å². The lowest BCUT2D eigenvalue weighted by atomic mass is 9.90. The van der Waals surface area contributed by atoms with Crippen LogP contribution in [-0.4, -0.2) is 60.4 Å². The van der Waals surface area contributed by atoms with E-state index in [0.717, 1.165) is 0 Å². The highest BCUT2D eigenvalue weighted by Crippen LogP contribution is 2.24. The van der Waals surface area contributed by atoms with Crippen LogP contribution in [0.2, 0.25) is 0 Å². The van der Waals surface area contributed by atoms with Crippen LogP contribution in [0.25, 0.3) is 0 Å². The Morgan fingerprint density at radius 3 is 1.96 bits per heavy atom. The maximum Gasteiger partial charge on any atom is 0.410 e. The minimum Gasteiger partial charge on any atom is -0.449 e. The van der Waals surface area contributed by atoms with E-state index in [4.69, 9.17) is 9.47 Å². The number of hydrogen-bond donors (Lipinski definition) is 0. The topological polar surface area (TPSA) is 59.1 Å². The van der Waals surface area contributed by atoms with E-state index >= 15 is 0 Å². The summed E-state index contributed by atoms with van der Waals surface area (Å²) >= 11 is 0. The third kappa shape index (κ3) is 5.92. The molecule has 23 heavy (non-hydrogen) atoms. The molecule has 1 heterocycles. The van der Waals surface area contributed by atoms with Crippen molar-refractivity contribution in [1.29, 1.82) is 0 Å². The summed E-state index contributed by atoms with van der Waals surface area (Å²) in [5.41, 5.74) is -0.493. The molecule has 1 aliphatic carbocycles. The van der Waals surface area contributed by atoms with Crippen LogP contribution in [-0.2, 0) is 9.47 Å². The van der Waals surface area contributed by atoms with Crippen molar-refractivity contribution < 1.29 is 19.1 Å². The fourth-order valence-corrected chi connectivity index (χ4v) is 3.03. The molecule has 6 heteroatoms. The first-order valence-corrected chi connectivity index (χ1v) is 8.75. The smallest absolute Gasteiger partial charge is 0.410 e. The Morgan fingerprint density at radius 2 is 1.43 bits per heavy atom. The number of amides is 2. The van der Waals surface area contributed by atoms with Gasteiger partial charge in [-0.05, 0) is 39.5 Å². The first-order valence-electron chi connectivity index (χ1n) is 8.75. The number of carbonyl (C=O) groups is 2. The Morgan fingerprint density at radius 1 is 0.913 bits per heavy atom. The van der Waals surface area contributed by atoms with Crippen LogP contribution >= 0.6 is 0 Å². The second kappa shape index (κ2) is 7.88. The van der Waals surface area contributed by atoms with Crippen molar-refractivity contribution in [3.8, 4) is 0 Å². The van der Waals surface area contributed by atoms with Gasteiger partial charge in [0, 0.05) is 26.2 Å². The monoisotopic (exact) mass is 326 g/mol. The van der Waals surface area contributed by atoms with Crippen molar-refractivity contribution >= 4 is 12.2 Å². The average Bonchev–Trinajstić information content (AvgIpc) is 2.52. The van der Waals surface area contributed by atoms with Gasteiger partial charge in [-0.2, -0.15) is 0 Å². The molecule has 1 saturated carbocycles. The molecule has 0 N–H and O–H groups in total. The molecule has 0 atom stereocenters. The van der Waals surface area contributed by atoms with Crippen LogP contribution in [0, 0.1) is 5.92 Å². The van der Waals surface area contributed by atoms with Gasteiger partial charge in [0.25, 0.3) is 0 Å². The molecule has 132 valence electrons. The predicted molar refractivity (Wildman–Crippen MR) is 87.3 cm³/mol. The van der Waals surface area contributed by atoms with Crippen LogP contribution in [0.3, 0.4) is 0 Å². The van der Waals surface area contributed by atoms with Gasteiger partial charge in [0.05, 0.1) is 6.61 Å². The lowest BCUT2D eigenvalue weighted by molar-refractivity contribution is 0.0117. The zero-order valence-electron chi connectivity index (χ0n) is 14.7. The molecule has 0 bridgehead atoms. The molecule has 0 spiro atoms. The van der Waals surface area contributed by atoms with Crippen LogP contribution in [0.1, 0.15) is 52.9 Å². The van der Waals surface area contributed by atoms with E-state index in [9.17, 15) is 9.59 Å². The maximum absolute atomic E-state index is 12.1. The predicted octanol–water partition coefficient (Wildman–Crippen LogP) is 3.26. The third-order valence-electron chi connectivity index (χ3n) is 4.36. The van der Waals surface area contributed by atoms with Gasteiger partial charge < -0.3 is 19.3 Å². The van der Waals surface area contributed by atoms with E-state index in [-0.39, 0.29) is 12.2 Å². The van der Waals surface area contributed by atoms with E-state index in [0.29, 0.717) is 38.7 Å². The van der Waals surface area contributed by atoms with Gasteiger partial charge in [-0.25, -0.2) is 9.59 Å². The number of nitrogens with zero attached hydrogens (tertiary/aromatic N) is 2. The van der Waals surface area contributed by atoms with Crippen molar-refractivity contribution in [3.63, 3.8) is 0 Å². The summed E-state index contributed by atoms with van der Waals surface area (Å²) in [5.74, 6) is 0.524. The summed E-state index contributed by atoms with van der Waals surface area (Å²) in [4.78, 5) is 27.4. The van der Waals surface area contributed by atoms with Crippen molar-refractivity contribution in [1.82, 2.24) is 9.80 Å². The molecule has 2 aliphatic rings. The van der Waals surface area contributed by atoms with Gasteiger partial charge in [-0.3, -0.25) is 0 Å². The molecular formula is C17H30N2O4. The highest BCUT2D eigenvalue weighted by atomic mass is 16.6. The Bertz CT molecular complexity index is 405. The molecule has 0 aromatic rings. The lowest BCUT2D eigenvalue weighted by Crippen LogP contribution is -2.51. The normalized spacial score (nSPS) is 20.3. The molecule has 2 rings (SSSR count). The summed E-state index contributed by atoms with van der Waals surface area (Å²) in [6, 6.07) is 0. The SMILES string of the molecule is CC(C)(C)OC(=O)N1CCN(C(=O)OCC2CCCCC2)CC1. The molecule has 2 amide bonds. The largest absolute Gasteiger partial charge is 0.449 e. The molecule has 0 aromatic heterocycles. The average molecular weight is 326 g/mol. The minimum absolute atomic E-state index is 0.251. The quantitative estimate of drug-likeness (QED) is 0.781. The summed E-state index contributed by atoms with van der Waals surface area (Å²) < 4.78 is 10.8. The summed E-state index contributed by atoms with van der Waals surface area (Å²) in [5, 5.41) is 0. The molecular weight excluding hydrogens is 296 g/mol. The van der Waals surface area contributed by atoms with E-state index in [1.165, 1.54) is 32.1 Å². The second-order valence-corrected chi connectivity index (χ2v) is 7.54. The standard InChI is InChI=1S/C17H30N2O4/c1-17(2,3)23-16(21)19-11-9-18(10-12-19)15(20)22-13-14-7-5-4-6-8-14/h14H,4-13H2,1-3H3. The molecule has 2 fully saturated rings. The van der Waals surface area contributed by atoms with Gasteiger partial charge in [0.2, 0.25) is 0 Å². The molecule has 0 aromatic carbocycles. The van der Waals surface area contributed by atoms with Crippen LogP contribution in [0.5, 0.6) is 0 Å². The molecule has 1 aliphatic heterocycles. The van der Waals surface area contributed by atoms with Crippen molar-refractivity contribution in [2.24, 2.45) is 5.92 Å². The first-order chi connectivity index (χ1) is 10.8. The van der Waals surface area contributed by atoms with Crippen molar-refractivity contribution in [2.75, 3.05) is 32.8 Å². The maximum atomic E-state index is 12.1. The number of rotatable bonds is 2. The number of carbonyl (C=O) groups excluding carboxylic acids is 2. The Hall–Kier alpha value is -1.46. The summed E-state index contributed by atoms with van der Waals surface area (Å²) in [7, 11) is 0. The molecule has 0 unspecified atom stereocenters. The van der Waals surface area contributed by atoms with Gasteiger partial charge in [-0.15, -0.1) is 0 Å². The van der Waals surface area contributed by atoms with Crippen LogP contribution < -0.4 is 0 Å². The van der Waals surface area contributed by atoms with Gasteiger partial charge in [0.15, 0.2) is 0 Å². The highest BCUT2D eigenvalue weighted by Gasteiger charge is 2.28. The Kier molecular flexibility index (Phi) is 6.13. The summed E-state index contributed by atoms with van der Waals surface area (Å²) in [6.45, 7) is 8.08. The van der Waals surface area contributed by atoms with E-state index in [2.05, 4.69) is 0 Å². The first kappa shape index (κ1) is 17.9. The Labute approximate surface area is 139 Å². The second-order valence-electron chi connectivity index (χ2n) is 7.54. The number of ether oxygens (including phenoxy) is 2. The zero-order valence-corrected chi connectivity index (χ0v) is 14.7. The molecule has 0 radical (unpaired) electrons. The summed E-state index contributed by atoms with van der Waals surface area (Å²) in [6.07, 6.45) is 5.57. The van der Waals surface area contributed by atoms with Gasteiger partial charge in [0.1, 0.15) is 5.60 Å². The molecule has 6 nitrogen and oxygen atoms in total. The van der Waals surface area contributed by atoms with E-state index in [1.807, 2.05) is 20.8 Å². The number of hydrogen-bond acceptors (Lipinski definition) is 4. The lowest BCUT2D eigenvalue weighted by Gasteiger charge is -2.35. The fourth-order valence-electron chi connectivity index (χ4n) is 3.03. The third-order valence-corrected chi connectivity index (χ3v) is 4.36. The van der Waals surface area contributed by atoms with E-state index in [1.54, 1.807) is 9.80 Å². The van der Waals surface area contributed by atoms with Gasteiger partial charge >= 0.3 is 12.2 Å². The molecule has 1 saturated heterocycles. The van der Waals surface area contributed by atoms with Crippen LogP contribution in [0.4, 0.5) is 9.59 Å². The highest BCUT2D eigenvalue weighted by molar-refractivity contribution is 5.70. The van der Waals surface area contributed by atoms with Crippen molar-refractivity contribution in [3.05, 3.63) is 0 Å². The zero-order chi connectivity index (χ0) is 16.9. The Balaban J connectivity index is 1.69. The minimum atomic E-state index is -0.493. The fraction of sp³-hybridized carbons (Fsp3) is 0.882. The van der Waals surface area contributed by atoms with Crippen LogP contribution in [0.15, 0.2) is 0 Å². The van der Waals surface area contributed by atoms with E-state index < -0.39 is 5.60 Å². The van der Waals surface area contributed by atoms with Gasteiger partial charge in [-0.1, -0.05) is 19.3 Å². The number of piperazine rings is 1.